The zero-order chi connectivity index (χ0) is 32.7. The van der Waals surface area contributed by atoms with Crippen molar-refractivity contribution in [2.45, 2.75) is 81.5 Å². The predicted molar refractivity (Wildman–Crippen MR) is 181 cm³/mol. The number of nitrogens with zero attached hydrogens (tertiary/aromatic N) is 1. The number of nitrogens with one attached hydrogen (secondary N) is 1. The highest BCUT2D eigenvalue weighted by molar-refractivity contribution is 7.90. The Morgan fingerprint density at radius 1 is 1.17 bits per heavy atom. The maximum Gasteiger partial charge on any atom is 0.264 e. The molecular weight excluding hydrogens is 624 g/mol. The molecule has 10 heteroatoms. The molecule has 250 valence electrons. The van der Waals surface area contributed by atoms with Gasteiger partial charge < -0.3 is 19.5 Å². The molecule has 0 aromatic heterocycles. The van der Waals surface area contributed by atoms with Gasteiger partial charge in [-0.15, -0.1) is 0 Å². The van der Waals surface area contributed by atoms with Crippen LogP contribution in [0.3, 0.4) is 0 Å². The largest absolute Gasteiger partial charge is 0.490 e. The number of amides is 1. The number of fused-ring (bicyclic) bond motifs is 4. The van der Waals surface area contributed by atoms with Crippen molar-refractivity contribution in [3.8, 4) is 5.75 Å². The van der Waals surface area contributed by atoms with E-state index in [9.17, 15) is 18.3 Å². The van der Waals surface area contributed by atoms with Gasteiger partial charge >= 0.3 is 0 Å². The van der Waals surface area contributed by atoms with Crippen LogP contribution in [0.2, 0.25) is 5.02 Å². The average Bonchev–Trinajstić information content (AvgIpc) is 3.15. The summed E-state index contributed by atoms with van der Waals surface area (Å²) in [6.45, 7) is 5.90. The second-order valence-electron chi connectivity index (χ2n) is 14.1. The van der Waals surface area contributed by atoms with Gasteiger partial charge in [0.1, 0.15) is 5.75 Å². The molecule has 2 aromatic rings. The zero-order valence-corrected chi connectivity index (χ0v) is 28.7. The van der Waals surface area contributed by atoms with Crippen LogP contribution in [-0.2, 0) is 26.6 Å². The Bertz CT molecular complexity index is 1600. The Kier molecular flexibility index (Phi) is 9.51. The number of carbonyl (C=O) groups is 1. The number of benzene rings is 2. The molecule has 8 nitrogen and oxygen atoms in total. The summed E-state index contributed by atoms with van der Waals surface area (Å²) in [6, 6.07) is 11.4. The van der Waals surface area contributed by atoms with Crippen LogP contribution in [0.1, 0.15) is 80.3 Å². The summed E-state index contributed by atoms with van der Waals surface area (Å²) >= 11 is 6.43. The molecule has 46 heavy (non-hydrogen) atoms. The van der Waals surface area contributed by atoms with Gasteiger partial charge in [-0.2, -0.15) is 0 Å². The fraction of sp³-hybridized carbons (Fsp3) is 0.583. The number of allylic oxidation sites excluding steroid dienone is 1. The number of sulfonamides is 1. The van der Waals surface area contributed by atoms with Gasteiger partial charge in [0.25, 0.3) is 5.91 Å². The third kappa shape index (κ3) is 6.45. The maximum absolute atomic E-state index is 13.5. The summed E-state index contributed by atoms with van der Waals surface area (Å²) in [5, 5.41) is 12.2. The number of aliphatic hydroxyl groups is 1. The molecule has 1 amide bonds. The van der Waals surface area contributed by atoms with Crippen molar-refractivity contribution in [2.75, 3.05) is 38.3 Å². The third-order valence-corrected chi connectivity index (χ3v) is 13.3. The molecule has 2 bridgehead atoms. The minimum atomic E-state index is -3.96. The topological polar surface area (TPSA) is 105 Å². The number of ether oxygens (including phenoxy) is 2. The van der Waals surface area contributed by atoms with Crippen LogP contribution >= 0.6 is 11.6 Å². The average molecular weight is 671 g/mol. The van der Waals surface area contributed by atoms with E-state index < -0.39 is 26.8 Å². The normalized spacial score (nSPS) is 33.1. The molecule has 0 saturated heterocycles. The molecule has 0 unspecified atom stereocenters. The quantitative estimate of drug-likeness (QED) is 0.302. The van der Waals surface area contributed by atoms with E-state index in [0.717, 1.165) is 49.2 Å². The van der Waals surface area contributed by atoms with Crippen LogP contribution in [0, 0.1) is 17.8 Å². The smallest absolute Gasteiger partial charge is 0.264 e. The number of aryl methyl sites for hydroxylation is 1. The second kappa shape index (κ2) is 13.1. The highest BCUT2D eigenvalue weighted by Gasteiger charge is 2.48. The number of hydrogen-bond donors (Lipinski definition) is 2. The minimum Gasteiger partial charge on any atom is -0.490 e. The van der Waals surface area contributed by atoms with Crippen LogP contribution in [-0.4, -0.2) is 63.7 Å². The van der Waals surface area contributed by atoms with E-state index in [-0.39, 0.29) is 28.7 Å². The van der Waals surface area contributed by atoms with Crippen molar-refractivity contribution in [3.63, 3.8) is 0 Å². The number of rotatable bonds is 4. The molecule has 6 rings (SSSR count). The molecule has 4 aliphatic rings. The van der Waals surface area contributed by atoms with Gasteiger partial charge in [-0.05, 0) is 118 Å². The Labute approximate surface area is 278 Å². The standard InChI is InChI=1S/C36H47ClN2O6S/c1-24-7-4-16-36(41,17-6-18-44-3)31-12-9-28(31)21-39-22-35(15-5-8-26-19-29(37)11-13-30(26)35)23-45-33-14-10-27(20-32(33)39)34(40)38-46(42,43)25(24)2/h4,10-11,13-14,16,19-20,24-25,28,31,41H,5-9,12,15,17-18,21-23H2,1-3H3,(H,38,40)/b16-4-/t24-,25+,28-,31+,35-,36+/m0/s1. The van der Waals surface area contributed by atoms with Gasteiger partial charge in [-0.3, -0.25) is 4.79 Å². The third-order valence-electron chi connectivity index (χ3n) is 11.2. The van der Waals surface area contributed by atoms with E-state index in [1.807, 2.05) is 25.1 Å². The van der Waals surface area contributed by atoms with Gasteiger partial charge in [0.15, 0.2) is 0 Å². The van der Waals surface area contributed by atoms with E-state index in [0.29, 0.717) is 44.9 Å². The van der Waals surface area contributed by atoms with E-state index in [1.54, 1.807) is 32.2 Å². The van der Waals surface area contributed by atoms with Crippen LogP contribution in [0.25, 0.3) is 0 Å². The minimum absolute atomic E-state index is 0.0393. The monoisotopic (exact) mass is 670 g/mol. The van der Waals surface area contributed by atoms with Crippen molar-refractivity contribution in [1.82, 2.24) is 4.72 Å². The number of carbonyl (C=O) groups excluding carboxylic acids is 1. The van der Waals surface area contributed by atoms with Gasteiger partial charge in [0.2, 0.25) is 10.0 Å². The fourth-order valence-corrected chi connectivity index (χ4v) is 9.62. The first-order valence-electron chi connectivity index (χ1n) is 16.7. The van der Waals surface area contributed by atoms with E-state index >= 15 is 0 Å². The fourth-order valence-electron chi connectivity index (χ4n) is 8.14. The molecule has 6 atom stereocenters. The molecule has 2 aromatic carbocycles. The lowest BCUT2D eigenvalue weighted by molar-refractivity contribution is -0.0544. The van der Waals surface area contributed by atoms with Crippen molar-refractivity contribution >= 4 is 33.2 Å². The molecule has 2 aliphatic heterocycles. The van der Waals surface area contributed by atoms with Crippen LogP contribution in [0.15, 0.2) is 48.6 Å². The SMILES string of the molecule is COCCC[C@]1(O)/C=C\C[C@H](C)[C@@H](C)S(=O)(=O)NC(=O)c2ccc3c(c2)N(C[C@@H]2CC[C@H]21)C[C@@]1(CCCc2cc(Cl)ccc21)CO3. The Morgan fingerprint density at radius 2 is 2.00 bits per heavy atom. The van der Waals surface area contributed by atoms with E-state index in [2.05, 4.69) is 21.8 Å². The summed E-state index contributed by atoms with van der Waals surface area (Å²) in [5.41, 5.74) is 2.22. The lowest BCUT2D eigenvalue weighted by atomic mass is 9.63. The molecule has 1 saturated carbocycles. The van der Waals surface area contributed by atoms with Crippen LogP contribution < -0.4 is 14.4 Å². The van der Waals surface area contributed by atoms with Crippen molar-refractivity contribution in [2.24, 2.45) is 17.8 Å². The van der Waals surface area contributed by atoms with Crippen molar-refractivity contribution < 1.29 is 27.8 Å². The predicted octanol–water partition coefficient (Wildman–Crippen LogP) is 6.04. The molecule has 1 fully saturated rings. The van der Waals surface area contributed by atoms with E-state index in [1.165, 1.54) is 11.1 Å². The summed E-state index contributed by atoms with van der Waals surface area (Å²) < 4.78 is 41.0. The molecular formula is C36H47ClN2O6S. The maximum atomic E-state index is 13.5. The van der Waals surface area contributed by atoms with Gasteiger partial charge in [0.05, 0.1) is 23.1 Å². The van der Waals surface area contributed by atoms with Gasteiger partial charge in [0, 0.05) is 42.8 Å². The number of anilines is 1. The number of hydrogen-bond acceptors (Lipinski definition) is 7. The molecule has 2 N–H and O–H groups in total. The Hall–Kier alpha value is -2.59. The second-order valence-corrected chi connectivity index (χ2v) is 16.6. The lowest BCUT2D eigenvalue weighted by Gasteiger charge is -2.49. The first kappa shape index (κ1) is 33.3. The van der Waals surface area contributed by atoms with Crippen LogP contribution in [0.5, 0.6) is 5.75 Å². The van der Waals surface area contributed by atoms with Crippen LogP contribution in [0.4, 0.5) is 5.69 Å². The highest BCUT2D eigenvalue weighted by Crippen LogP contribution is 2.49. The Morgan fingerprint density at radius 3 is 2.76 bits per heavy atom. The van der Waals surface area contributed by atoms with Crippen molar-refractivity contribution in [3.05, 3.63) is 70.3 Å². The molecule has 2 aliphatic carbocycles. The summed E-state index contributed by atoms with van der Waals surface area (Å²) in [5.74, 6) is 0.0185. The number of methoxy groups -OCH3 is 1. The van der Waals surface area contributed by atoms with E-state index in [4.69, 9.17) is 21.1 Å². The summed E-state index contributed by atoms with van der Waals surface area (Å²) in [4.78, 5) is 15.8. The van der Waals surface area contributed by atoms with Gasteiger partial charge in [-0.25, -0.2) is 13.1 Å². The summed E-state index contributed by atoms with van der Waals surface area (Å²) in [6.07, 6.45) is 10.4. The highest BCUT2D eigenvalue weighted by atomic mass is 35.5. The first-order valence-corrected chi connectivity index (χ1v) is 18.6. The number of halogens is 1. The lowest BCUT2D eigenvalue weighted by Crippen LogP contribution is -2.52. The van der Waals surface area contributed by atoms with Crippen molar-refractivity contribution in [1.29, 1.82) is 0 Å². The molecule has 2 heterocycles. The van der Waals surface area contributed by atoms with Gasteiger partial charge in [-0.1, -0.05) is 36.7 Å². The molecule has 0 radical (unpaired) electrons. The first-order chi connectivity index (χ1) is 21.9. The summed E-state index contributed by atoms with van der Waals surface area (Å²) in [7, 11) is -2.29. The molecule has 1 spiro atoms. The Balaban J connectivity index is 1.43. The zero-order valence-electron chi connectivity index (χ0n) is 27.1.